The van der Waals surface area contributed by atoms with Gasteiger partial charge in [0.2, 0.25) is 5.88 Å². The SMILES string of the molecule is Cc1cc(-c2cc(O)n(C)n2)cc(C)c1OC(C)C. The van der Waals surface area contributed by atoms with E-state index in [2.05, 4.69) is 5.10 Å². The summed E-state index contributed by atoms with van der Waals surface area (Å²) in [4.78, 5) is 0. The molecular weight excluding hydrogens is 240 g/mol. The third-order valence-electron chi connectivity index (χ3n) is 2.96. The van der Waals surface area contributed by atoms with Crippen LogP contribution in [0.3, 0.4) is 0 Å². The maximum atomic E-state index is 9.59. The lowest BCUT2D eigenvalue weighted by Crippen LogP contribution is -2.08. The fraction of sp³-hybridized carbons (Fsp3) is 0.400. The maximum absolute atomic E-state index is 9.59. The van der Waals surface area contributed by atoms with Crippen LogP contribution in [-0.2, 0) is 7.05 Å². The number of nitrogens with zero attached hydrogens (tertiary/aromatic N) is 2. The highest BCUT2D eigenvalue weighted by Crippen LogP contribution is 2.31. The van der Waals surface area contributed by atoms with Crippen LogP contribution in [0.1, 0.15) is 25.0 Å². The Labute approximate surface area is 113 Å². The molecule has 0 aliphatic carbocycles. The van der Waals surface area contributed by atoms with E-state index in [1.807, 2.05) is 39.8 Å². The predicted molar refractivity (Wildman–Crippen MR) is 75.5 cm³/mol. The Hall–Kier alpha value is -1.97. The van der Waals surface area contributed by atoms with Crippen molar-refractivity contribution in [2.24, 2.45) is 7.05 Å². The molecule has 0 amide bonds. The van der Waals surface area contributed by atoms with Gasteiger partial charge in [-0.1, -0.05) is 0 Å². The number of aromatic nitrogens is 2. The molecule has 19 heavy (non-hydrogen) atoms. The summed E-state index contributed by atoms with van der Waals surface area (Å²) in [7, 11) is 1.72. The highest BCUT2D eigenvalue weighted by Gasteiger charge is 2.12. The predicted octanol–water partition coefficient (Wildman–Crippen LogP) is 3.20. The summed E-state index contributed by atoms with van der Waals surface area (Å²) in [5.74, 6) is 1.09. The van der Waals surface area contributed by atoms with E-state index in [0.29, 0.717) is 0 Å². The standard InChI is InChI=1S/C15H20N2O2/c1-9(2)19-15-10(3)6-12(7-11(15)4)13-8-14(18)17(5)16-13/h6-9,18H,1-5H3. The summed E-state index contributed by atoms with van der Waals surface area (Å²) >= 11 is 0. The zero-order valence-electron chi connectivity index (χ0n) is 12.1. The molecule has 0 aliphatic heterocycles. The van der Waals surface area contributed by atoms with Gasteiger partial charge in [0.25, 0.3) is 0 Å². The fourth-order valence-corrected chi connectivity index (χ4v) is 2.12. The van der Waals surface area contributed by atoms with Crippen molar-refractivity contribution in [1.82, 2.24) is 9.78 Å². The van der Waals surface area contributed by atoms with Crippen LogP contribution in [0.4, 0.5) is 0 Å². The van der Waals surface area contributed by atoms with E-state index in [1.54, 1.807) is 13.1 Å². The summed E-state index contributed by atoms with van der Waals surface area (Å²) in [5.41, 5.74) is 3.91. The van der Waals surface area contributed by atoms with Crippen LogP contribution in [0.5, 0.6) is 11.6 Å². The molecule has 1 aromatic carbocycles. The van der Waals surface area contributed by atoms with Gasteiger partial charge >= 0.3 is 0 Å². The van der Waals surface area contributed by atoms with E-state index in [1.165, 1.54) is 4.68 Å². The van der Waals surface area contributed by atoms with Crippen molar-refractivity contribution in [3.05, 3.63) is 29.3 Å². The minimum atomic E-state index is 0.155. The number of benzene rings is 1. The summed E-state index contributed by atoms with van der Waals surface area (Å²) < 4.78 is 7.28. The normalized spacial score (nSPS) is 11.1. The molecule has 4 heteroatoms. The van der Waals surface area contributed by atoms with Gasteiger partial charge in [0.1, 0.15) is 5.75 Å². The molecule has 0 spiro atoms. The monoisotopic (exact) mass is 260 g/mol. The van der Waals surface area contributed by atoms with Crippen LogP contribution >= 0.6 is 0 Å². The molecule has 0 bridgehead atoms. The molecule has 4 nitrogen and oxygen atoms in total. The zero-order valence-corrected chi connectivity index (χ0v) is 12.1. The molecule has 0 saturated carbocycles. The van der Waals surface area contributed by atoms with E-state index in [4.69, 9.17) is 4.74 Å². The van der Waals surface area contributed by atoms with Crippen LogP contribution in [0.25, 0.3) is 11.3 Å². The molecule has 1 heterocycles. The lowest BCUT2D eigenvalue weighted by atomic mass is 10.0. The lowest BCUT2D eigenvalue weighted by Gasteiger charge is -2.16. The van der Waals surface area contributed by atoms with Gasteiger partial charge < -0.3 is 9.84 Å². The number of rotatable bonds is 3. The van der Waals surface area contributed by atoms with E-state index in [0.717, 1.165) is 28.1 Å². The van der Waals surface area contributed by atoms with Crippen molar-refractivity contribution in [3.8, 4) is 22.9 Å². The summed E-state index contributed by atoms with van der Waals surface area (Å²) in [6.45, 7) is 8.08. The summed E-state index contributed by atoms with van der Waals surface area (Å²) in [6.07, 6.45) is 0.155. The van der Waals surface area contributed by atoms with E-state index < -0.39 is 0 Å². The highest BCUT2D eigenvalue weighted by molar-refractivity contribution is 5.65. The van der Waals surface area contributed by atoms with Crippen LogP contribution < -0.4 is 4.74 Å². The minimum absolute atomic E-state index is 0.155. The van der Waals surface area contributed by atoms with Crippen LogP contribution in [0, 0.1) is 13.8 Å². The Morgan fingerprint density at radius 3 is 2.16 bits per heavy atom. The molecule has 102 valence electrons. The average Bonchev–Trinajstić information content (AvgIpc) is 2.64. The van der Waals surface area contributed by atoms with E-state index in [-0.39, 0.29) is 12.0 Å². The second kappa shape index (κ2) is 4.96. The third kappa shape index (κ3) is 2.72. The van der Waals surface area contributed by atoms with Gasteiger partial charge in [-0.05, 0) is 51.0 Å². The van der Waals surface area contributed by atoms with Crippen molar-refractivity contribution in [2.45, 2.75) is 33.8 Å². The highest BCUT2D eigenvalue weighted by atomic mass is 16.5. The van der Waals surface area contributed by atoms with Gasteiger partial charge in [0, 0.05) is 18.7 Å². The van der Waals surface area contributed by atoms with E-state index >= 15 is 0 Å². The Balaban J connectivity index is 2.44. The molecule has 2 rings (SSSR count). The molecule has 0 atom stereocenters. The zero-order chi connectivity index (χ0) is 14.2. The molecular formula is C15H20N2O2. The van der Waals surface area contributed by atoms with Crippen LogP contribution in [-0.4, -0.2) is 21.0 Å². The van der Waals surface area contributed by atoms with Gasteiger partial charge in [-0.2, -0.15) is 5.10 Å². The molecule has 0 radical (unpaired) electrons. The quantitative estimate of drug-likeness (QED) is 0.922. The fourth-order valence-electron chi connectivity index (χ4n) is 2.12. The van der Waals surface area contributed by atoms with Crippen LogP contribution in [0.15, 0.2) is 18.2 Å². The number of aryl methyl sites for hydroxylation is 3. The first-order valence-corrected chi connectivity index (χ1v) is 6.39. The van der Waals surface area contributed by atoms with Gasteiger partial charge in [0.15, 0.2) is 0 Å². The Bertz CT molecular complexity index is 558. The largest absolute Gasteiger partial charge is 0.493 e. The van der Waals surface area contributed by atoms with Crippen LogP contribution in [0.2, 0.25) is 0 Å². The summed E-state index contributed by atoms with van der Waals surface area (Å²) in [6, 6.07) is 5.73. The second-order valence-corrected chi connectivity index (χ2v) is 5.12. The first-order chi connectivity index (χ1) is 8.88. The maximum Gasteiger partial charge on any atom is 0.209 e. The number of hydrogen-bond donors (Lipinski definition) is 1. The van der Waals surface area contributed by atoms with Crippen molar-refractivity contribution < 1.29 is 9.84 Å². The summed E-state index contributed by atoms with van der Waals surface area (Å²) in [5, 5.41) is 13.9. The molecule has 2 aromatic rings. The molecule has 0 saturated heterocycles. The minimum Gasteiger partial charge on any atom is -0.493 e. The molecule has 0 aliphatic rings. The number of aromatic hydroxyl groups is 1. The van der Waals surface area contributed by atoms with Gasteiger partial charge in [-0.15, -0.1) is 0 Å². The first-order valence-electron chi connectivity index (χ1n) is 6.39. The Kier molecular flexibility index (Phi) is 3.51. The molecule has 1 N–H and O–H groups in total. The number of ether oxygens (including phenoxy) is 1. The first kappa shape index (κ1) is 13.5. The number of hydrogen-bond acceptors (Lipinski definition) is 3. The Morgan fingerprint density at radius 1 is 1.16 bits per heavy atom. The molecule has 0 fully saturated rings. The van der Waals surface area contributed by atoms with Crippen molar-refractivity contribution in [1.29, 1.82) is 0 Å². The third-order valence-corrected chi connectivity index (χ3v) is 2.96. The van der Waals surface area contributed by atoms with Gasteiger partial charge in [-0.25, -0.2) is 4.68 Å². The van der Waals surface area contributed by atoms with E-state index in [9.17, 15) is 5.11 Å². The van der Waals surface area contributed by atoms with Gasteiger partial charge in [-0.3, -0.25) is 0 Å². The smallest absolute Gasteiger partial charge is 0.209 e. The van der Waals surface area contributed by atoms with Gasteiger partial charge in [0.05, 0.1) is 11.8 Å². The lowest BCUT2D eigenvalue weighted by molar-refractivity contribution is 0.239. The second-order valence-electron chi connectivity index (χ2n) is 5.12. The Morgan fingerprint density at radius 2 is 1.74 bits per heavy atom. The van der Waals surface area contributed by atoms with Crippen molar-refractivity contribution in [3.63, 3.8) is 0 Å². The van der Waals surface area contributed by atoms with Crippen molar-refractivity contribution >= 4 is 0 Å². The molecule has 1 aromatic heterocycles. The topological polar surface area (TPSA) is 47.3 Å². The van der Waals surface area contributed by atoms with Crippen molar-refractivity contribution in [2.75, 3.05) is 0 Å². The average molecular weight is 260 g/mol. The molecule has 0 unspecified atom stereocenters.